The summed E-state index contributed by atoms with van der Waals surface area (Å²) >= 11 is 0. The molecule has 0 spiro atoms. The molecular formula is C13H20O3P+. The molecule has 94 valence electrons. The summed E-state index contributed by atoms with van der Waals surface area (Å²) in [7, 11) is -2.79. The van der Waals surface area contributed by atoms with E-state index < -0.39 is 7.94 Å². The maximum absolute atomic E-state index is 10.1. The van der Waals surface area contributed by atoms with E-state index in [4.69, 9.17) is 9.05 Å². The first kappa shape index (κ1) is 14.3. The van der Waals surface area contributed by atoms with Gasteiger partial charge in [-0.25, -0.2) is 0 Å². The van der Waals surface area contributed by atoms with E-state index in [9.17, 15) is 4.89 Å². The number of hydrogen-bond acceptors (Lipinski definition) is 3. The molecule has 1 N–H and O–H groups in total. The van der Waals surface area contributed by atoms with Crippen molar-refractivity contribution in [3.8, 4) is 0 Å². The molecule has 0 aliphatic heterocycles. The molecule has 1 aromatic carbocycles. The second-order valence-corrected chi connectivity index (χ2v) is 5.42. The Morgan fingerprint density at radius 2 is 1.71 bits per heavy atom. The topological polar surface area (TPSA) is 38.7 Å². The molecule has 0 atom stereocenters. The molecule has 0 radical (unpaired) electrons. The third-order valence-corrected chi connectivity index (χ3v) is 3.96. The Hall–Kier alpha value is -0.730. The highest BCUT2D eigenvalue weighted by molar-refractivity contribution is 7.63. The first-order chi connectivity index (χ1) is 8.20. The molecular weight excluding hydrogens is 235 g/mol. The number of hydrogen-bond donors (Lipinski definition) is 1. The third-order valence-electron chi connectivity index (χ3n) is 2.12. The van der Waals surface area contributed by atoms with Crippen LogP contribution in [-0.2, 0) is 15.5 Å². The van der Waals surface area contributed by atoms with Crippen molar-refractivity contribution in [1.29, 1.82) is 0 Å². The van der Waals surface area contributed by atoms with E-state index >= 15 is 0 Å². The van der Waals surface area contributed by atoms with Gasteiger partial charge in [-0.2, -0.15) is 13.9 Å². The Morgan fingerprint density at radius 3 is 2.24 bits per heavy atom. The molecule has 17 heavy (non-hydrogen) atoms. The van der Waals surface area contributed by atoms with Crippen molar-refractivity contribution in [2.45, 2.75) is 20.3 Å². The fourth-order valence-electron chi connectivity index (χ4n) is 1.43. The summed E-state index contributed by atoms with van der Waals surface area (Å²) in [5, 5.41) is 0. The van der Waals surface area contributed by atoms with Crippen molar-refractivity contribution in [1.82, 2.24) is 0 Å². The Kier molecular flexibility index (Phi) is 6.38. The van der Waals surface area contributed by atoms with Crippen LogP contribution in [0.15, 0.2) is 42.2 Å². The van der Waals surface area contributed by atoms with Crippen molar-refractivity contribution in [2.75, 3.05) is 13.2 Å². The van der Waals surface area contributed by atoms with E-state index in [0.717, 1.165) is 6.42 Å². The van der Waals surface area contributed by atoms with Crippen molar-refractivity contribution in [3.05, 3.63) is 47.8 Å². The van der Waals surface area contributed by atoms with Crippen LogP contribution in [-0.4, -0.2) is 18.1 Å². The lowest BCUT2D eigenvalue weighted by atomic mass is 10.2. The molecule has 0 amide bonds. The second kappa shape index (κ2) is 7.57. The van der Waals surface area contributed by atoms with Crippen LogP contribution in [0.2, 0.25) is 0 Å². The van der Waals surface area contributed by atoms with E-state index in [1.807, 2.05) is 50.3 Å². The molecule has 1 rings (SSSR count). The highest BCUT2D eigenvalue weighted by atomic mass is 31.2. The minimum atomic E-state index is -2.79. The van der Waals surface area contributed by atoms with E-state index in [1.54, 1.807) is 5.82 Å². The van der Waals surface area contributed by atoms with Crippen LogP contribution in [0.3, 0.4) is 0 Å². The summed E-state index contributed by atoms with van der Waals surface area (Å²) in [5.41, 5.74) is 1.20. The van der Waals surface area contributed by atoms with Crippen LogP contribution in [0.1, 0.15) is 19.4 Å². The summed E-state index contributed by atoms with van der Waals surface area (Å²) in [6, 6.07) is 10.1. The normalized spacial score (nSPS) is 12.2. The SMILES string of the molecule is CCO[P+](O)(/C=C/Cc1ccccc1)OCC. The molecule has 0 heterocycles. The lowest BCUT2D eigenvalue weighted by Crippen LogP contribution is -1.99. The van der Waals surface area contributed by atoms with Crippen LogP contribution in [0.4, 0.5) is 0 Å². The van der Waals surface area contributed by atoms with Gasteiger partial charge in [-0.15, -0.1) is 0 Å². The summed E-state index contributed by atoms with van der Waals surface area (Å²) < 4.78 is 10.5. The molecule has 0 aromatic heterocycles. The number of allylic oxidation sites excluding steroid dienone is 1. The first-order valence-corrected chi connectivity index (χ1v) is 7.47. The third kappa shape index (κ3) is 5.42. The highest BCUT2D eigenvalue weighted by Gasteiger charge is 2.36. The van der Waals surface area contributed by atoms with Crippen LogP contribution >= 0.6 is 7.94 Å². The summed E-state index contributed by atoms with van der Waals surface area (Å²) in [5.74, 6) is 1.66. The van der Waals surface area contributed by atoms with Crippen LogP contribution in [0.25, 0.3) is 0 Å². The van der Waals surface area contributed by atoms with Crippen molar-refractivity contribution < 1.29 is 13.9 Å². The van der Waals surface area contributed by atoms with Gasteiger partial charge in [0, 0.05) is 0 Å². The lowest BCUT2D eigenvalue weighted by molar-refractivity contribution is 0.199. The van der Waals surface area contributed by atoms with Gasteiger partial charge in [0.2, 0.25) is 0 Å². The number of benzene rings is 1. The molecule has 4 heteroatoms. The van der Waals surface area contributed by atoms with Gasteiger partial charge in [-0.1, -0.05) is 30.3 Å². The Bertz CT molecular complexity index is 332. The van der Waals surface area contributed by atoms with Crippen molar-refractivity contribution in [2.24, 2.45) is 0 Å². The Morgan fingerprint density at radius 1 is 1.12 bits per heavy atom. The van der Waals surface area contributed by atoms with Gasteiger partial charge in [-0.05, 0) is 31.9 Å². The Labute approximate surface area is 104 Å². The summed E-state index contributed by atoms with van der Waals surface area (Å²) in [6.45, 7) is 4.57. The predicted molar refractivity (Wildman–Crippen MR) is 71.7 cm³/mol. The average molecular weight is 255 g/mol. The molecule has 3 nitrogen and oxygen atoms in total. The van der Waals surface area contributed by atoms with Gasteiger partial charge in [-0.3, -0.25) is 0 Å². The molecule has 0 bridgehead atoms. The molecule has 0 fully saturated rings. The predicted octanol–water partition coefficient (Wildman–Crippen LogP) is 3.57. The summed E-state index contributed by atoms with van der Waals surface area (Å²) in [4.78, 5) is 10.1. The van der Waals surface area contributed by atoms with Gasteiger partial charge < -0.3 is 0 Å². The van der Waals surface area contributed by atoms with Gasteiger partial charge in [0.1, 0.15) is 5.82 Å². The number of rotatable bonds is 7. The minimum absolute atomic E-state index is 0.444. The summed E-state index contributed by atoms with van der Waals surface area (Å²) in [6.07, 6.45) is 2.66. The fraction of sp³-hybridized carbons (Fsp3) is 0.385. The molecule has 0 saturated carbocycles. The zero-order valence-electron chi connectivity index (χ0n) is 10.4. The molecule has 0 saturated heterocycles. The van der Waals surface area contributed by atoms with Gasteiger partial charge in [0.05, 0.1) is 13.2 Å². The van der Waals surface area contributed by atoms with Gasteiger partial charge in [0.15, 0.2) is 0 Å². The highest BCUT2D eigenvalue weighted by Crippen LogP contribution is 2.58. The molecule has 0 aliphatic carbocycles. The lowest BCUT2D eigenvalue weighted by Gasteiger charge is -2.10. The smallest absolute Gasteiger partial charge is 0.189 e. The fourth-order valence-corrected chi connectivity index (χ4v) is 2.79. The van der Waals surface area contributed by atoms with E-state index in [2.05, 4.69) is 0 Å². The van der Waals surface area contributed by atoms with Gasteiger partial charge >= 0.3 is 7.94 Å². The standard InChI is InChI=1S/C13H20O3P/c1-3-15-17(14,16-4-2)12-8-11-13-9-6-5-7-10-13/h5-10,12,14H,3-4,11H2,1-2H3/q+1/b12-8+. The molecule has 0 aliphatic rings. The van der Waals surface area contributed by atoms with Crippen molar-refractivity contribution in [3.63, 3.8) is 0 Å². The Balaban J connectivity index is 2.55. The maximum atomic E-state index is 10.1. The molecule has 0 unspecified atom stereocenters. The van der Waals surface area contributed by atoms with Crippen LogP contribution in [0, 0.1) is 0 Å². The van der Waals surface area contributed by atoms with Gasteiger partial charge in [0.25, 0.3) is 0 Å². The second-order valence-electron chi connectivity index (χ2n) is 3.47. The quantitative estimate of drug-likeness (QED) is 0.757. The zero-order valence-corrected chi connectivity index (χ0v) is 11.3. The largest absolute Gasteiger partial charge is 0.438 e. The van der Waals surface area contributed by atoms with Crippen LogP contribution < -0.4 is 0 Å². The van der Waals surface area contributed by atoms with E-state index in [0.29, 0.717) is 13.2 Å². The zero-order chi connectivity index (χ0) is 12.6. The van der Waals surface area contributed by atoms with E-state index in [-0.39, 0.29) is 0 Å². The van der Waals surface area contributed by atoms with Crippen LogP contribution in [0.5, 0.6) is 0 Å². The van der Waals surface area contributed by atoms with E-state index in [1.165, 1.54) is 5.56 Å². The van der Waals surface area contributed by atoms with Crippen molar-refractivity contribution >= 4 is 7.94 Å². The maximum Gasteiger partial charge on any atom is 0.438 e. The molecule has 1 aromatic rings. The monoisotopic (exact) mass is 255 g/mol. The first-order valence-electron chi connectivity index (χ1n) is 5.82. The average Bonchev–Trinajstić information content (AvgIpc) is 2.31. The minimum Gasteiger partial charge on any atom is -0.189 e.